The molecule has 7 heteroatoms. The third-order valence-electron chi connectivity index (χ3n) is 4.24. The normalized spacial score (nSPS) is 24.6. The molecule has 1 saturated carbocycles. The van der Waals surface area contributed by atoms with Crippen LogP contribution in [0.5, 0.6) is 5.75 Å². The Hall–Kier alpha value is -1.18. The van der Waals surface area contributed by atoms with Gasteiger partial charge < -0.3 is 9.47 Å². The summed E-state index contributed by atoms with van der Waals surface area (Å²) >= 11 is 0. The molecule has 1 aromatic rings. The number of hydrogen-bond acceptors (Lipinski definition) is 4. The van der Waals surface area contributed by atoms with E-state index in [9.17, 15) is 12.8 Å². The molecule has 1 aliphatic carbocycles. The molecule has 2 fully saturated rings. The van der Waals surface area contributed by atoms with Crippen molar-refractivity contribution in [2.24, 2.45) is 5.14 Å². The van der Waals surface area contributed by atoms with Crippen LogP contribution in [0.25, 0.3) is 0 Å². The van der Waals surface area contributed by atoms with Crippen molar-refractivity contribution in [1.82, 2.24) is 0 Å². The Balaban J connectivity index is 1.73. The third-order valence-corrected chi connectivity index (χ3v) is 5.15. The minimum atomic E-state index is -3.90. The van der Waals surface area contributed by atoms with Crippen LogP contribution in [0.2, 0.25) is 0 Å². The molecule has 0 aromatic heterocycles. The number of primary sulfonamides is 1. The van der Waals surface area contributed by atoms with Gasteiger partial charge in [-0.15, -0.1) is 0 Å². The maximum Gasteiger partial charge on any atom is 0.238 e. The summed E-state index contributed by atoms with van der Waals surface area (Å²) in [5.41, 5.74) is -0.0834. The first-order chi connectivity index (χ1) is 9.88. The Morgan fingerprint density at radius 3 is 2.71 bits per heavy atom. The van der Waals surface area contributed by atoms with E-state index in [2.05, 4.69) is 0 Å². The Kier molecular flexibility index (Phi) is 3.67. The number of hydrogen-bond donors (Lipinski definition) is 1. The van der Waals surface area contributed by atoms with Gasteiger partial charge in [0.2, 0.25) is 10.0 Å². The van der Waals surface area contributed by atoms with Gasteiger partial charge in [-0.05, 0) is 37.5 Å². The van der Waals surface area contributed by atoms with Crippen LogP contribution in [0.15, 0.2) is 23.1 Å². The van der Waals surface area contributed by atoms with E-state index >= 15 is 0 Å². The van der Waals surface area contributed by atoms with Crippen molar-refractivity contribution in [3.8, 4) is 5.75 Å². The van der Waals surface area contributed by atoms with Gasteiger partial charge in [-0.3, -0.25) is 0 Å². The highest BCUT2D eigenvalue weighted by Crippen LogP contribution is 2.43. The van der Waals surface area contributed by atoms with Crippen molar-refractivity contribution in [3.05, 3.63) is 24.0 Å². The van der Waals surface area contributed by atoms with E-state index in [0.717, 1.165) is 31.7 Å². The monoisotopic (exact) mass is 315 g/mol. The molecular weight excluding hydrogens is 297 g/mol. The highest BCUT2D eigenvalue weighted by atomic mass is 32.2. The highest BCUT2D eigenvalue weighted by molar-refractivity contribution is 7.89. The number of ether oxygens (including phenoxy) is 2. The Morgan fingerprint density at radius 2 is 2.14 bits per heavy atom. The smallest absolute Gasteiger partial charge is 0.238 e. The Morgan fingerprint density at radius 1 is 1.38 bits per heavy atom. The number of rotatable bonds is 3. The van der Waals surface area contributed by atoms with Gasteiger partial charge in [0, 0.05) is 12.8 Å². The Labute approximate surface area is 123 Å². The average molecular weight is 315 g/mol. The zero-order chi connectivity index (χ0) is 15.1. The SMILES string of the molecule is NS(=O)(=O)c1ccc(OC2CCOC3(CCC3)C2)c(F)c1. The first kappa shape index (κ1) is 14.7. The lowest BCUT2D eigenvalue weighted by atomic mass is 9.74. The number of sulfonamides is 1. The van der Waals surface area contributed by atoms with E-state index in [1.54, 1.807) is 0 Å². The molecule has 5 nitrogen and oxygen atoms in total. The highest BCUT2D eigenvalue weighted by Gasteiger charge is 2.43. The van der Waals surface area contributed by atoms with E-state index in [1.807, 2.05) is 0 Å². The summed E-state index contributed by atoms with van der Waals surface area (Å²) in [5.74, 6) is -0.653. The fraction of sp³-hybridized carbons (Fsp3) is 0.571. The second-order valence-corrected chi connectivity index (χ2v) is 7.32. The average Bonchev–Trinajstić information content (AvgIpc) is 2.38. The fourth-order valence-corrected chi connectivity index (χ4v) is 3.46. The second-order valence-electron chi connectivity index (χ2n) is 5.75. The minimum Gasteiger partial charge on any atom is -0.487 e. The van der Waals surface area contributed by atoms with Crippen molar-refractivity contribution in [1.29, 1.82) is 0 Å². The fourth-order valence-electron chi connectivity index (χ4n) is 2.94. The number of benzene rings is 1. The molecule has 21 heavy (non-hydrogen) atoms. The molecule has 1 saturated heterocycles. The summed E-state index contributed by atoms with van der Waals surface area (Å²) in [6.07, 6.45) is 4.57. The van der Waals surface area contributed by atoms with Gasteiger partial charge in [0.1, 0.15) is 6.10 Å². The van der Waals surface area contributed by atoms with Crippen molar-refractivity contribution >= 4 is 10.0 Å². The third kappa shape index (κ3) is 3.04. The summed E-state index contributed by atoms with van der Waals surface area (Å²) in [7, 11) is -3.90. The van der Waals surface area contributed by atoms with Crippen LogP contribution >= 0.6 is 0 Å². The van der Waals surface area contributed by atoms with E-state index in [4.69, 9.17) is 14.6 Å². The van der Waals surface area contributed by atoms with Gasteiger partial charge in [0.05, 0.1) is 17.1 Å². The van der Waals surface area contributed by atoms with Crippen molar-refractivity contribution in [2.45, 2.75) is 48.7 Å². The van der Waals surface area contributed by atoms with Crippen LogP contribution in [0.1, 0.15) is 32.1 Å². The van der Waals surface area contributed by atoms with Crippen LogP contribution in [0.4, 0.5) is 4.39 Å². The topological polar surface area (TPSA) is 78.6 Å². The van der Waals surface area contributed by atoms with Crippen molar-refractivity contribution < 1.29 is 22.3 Å². The van der Waals surface area contributed by atoms with E-state index in [0.29, 0.717) is 13.0 Å². The summed E-state index contributed by atoms with van der Waals surface area (Å²) in [5, 5.41) is 4.97. The lowest BCUT2D eigenvalue weighted by molar-refractivity contribution is -0.153. The maximum absolute atomic E-state index is 13.9. The van der Waals surface area contributed by atoms with Crippen LogP contribution < -0.4 is 9.88 Å². The quantitative estimate of drug-likeness (QED) is 0.924. The zero-order valence-corrected chi connectivity index (χ0v) is 12.4. The second kappa shape index (κ2) is 5.23. The van der Waals surface area contributed by atoms with Crippen LogP contribution in [0, 0.1) is 5.82 Å². The number of nitrogens with two attached hydrogens (primary N) is 1. The predicted molar refractivity (Wildman–Crippen MR) is 74.0 cm³/mol. The van der Waals surface area contributed by atoms with Crippen LogP contribution in [-0.2, 0) is 14.8 Å². The summed E-state index contributed by atoms with van der Waals surface area (Å²) in [6.45, 7) is 0.613. The predicted octanol–water partition coefficient (Wildman–Crippen LogP) is 1.95. The van der Waals surface area contributed by atoms with Gasteiger partial charge in [-0.25, -0.2) is 17.9 Å². The van der Waals surface area contributed by atoms with E-state index in [1.165, 1.54) is 12.1 Å². The molecule has 2 N–H and O–H groups in total. The molecular formula is C14H18FNO4S. The standard InChI is InChI=1S/C14H18FNO4S/c15-12-8-11(21(16,17)18)2-3-13(12)20-10-4-7-19-14(9-10)5-1-6-14/h2-3,8,10H,1,4-7,9H2,(H2,16,17,18). The van der Waals surface area contributed by atoms with Gasteiger partial charge in [0.15, 0.2) is 11.6 Å². The zero-order valence-electron chi connectivity index (χ0n) is 11.5. The van der Waals surface area contributed by atoms with Gasteiger partial charge in [-0.1, -0.05) is 0 Å². The summed E-state index contributed by atoms with van der Waals surface area (Å²) in [4.78, 5) is -0.255. The number of halogens is 1. The summed E-state index contributed by atoms with van der Waals surface area (Å²) < 4.78 is 47.8. The lowest BCUT2D eigenvalue weighted by Crippen LogP contribution is -2.48. The van der Waals surface area contributed by atoms with E-state index < -0.39 is 15.8 Å². The van der Waals surface area contributed by atoms with Gasteiger partial charge in [0.25, 0.3) is 0 Å². The first-order valence-corrected chi connectivity index (χ1v) is 8.56. The first-order valence-electron chi connectivity index (χ1n) is 7.01. The van der Waals surface area contributed by atoms with Gasteiger partial charge >= 0.3 is 0 Å². The molecule has 1 unspecified atom stereocenters. The molecule has 1 spiro atoms. The minimum absolute atomic E-state index is 0.0590. The molecule has 2 aliphatic rings. The molecule has 1 heterocycles. The molecule has 1 aliphatic heterocycles. The van der Waals surface area contributed by atoms with Crippen molar-refractivity contribution in [2.75, 3.05) is 6.61 Å². The molecule has 0 bridgehead atoms. The van der Waals surface area contributed by atoms with E-state index in [-0.39, 0.29) is 22.4 Å². The molecule has 1 aromatic carbocycles. The lowest BCUT2D eigenvalue weighted by Gasteiger charge is -2.46. The van der Waals surface area contributed by atoms with Gasteiger partial charge in [-0.2, -0.15) is 0 Å². The van der Waals surface area contributed by atoms with Crippen LogP contribution in [0.3, 0.4) is 0 Å². The molecule has 0 radical (unpaired) electrons. The van der Waals surface area contributed by atoms with Crippen LogP contribution in [-0.4, -0.2) is 26.7 Å². The summed E-state index contributed by atoms with van der Waals surface area (Å²) in [6, 6.07) is 3.47. The maximum atomic E-state index is 13.9. The molecule has 116 valence electrons. The Bertz CT molecular complexity index is 642. The largest absolute Gasteiger partial charge is 0.487 e. The molecule has 0 amide bonds. The van der Waals surface area contributed by atoms with Crippen molar-refractivity contribution in [3.63, 3.8) is 0 Å². The molecule has 1 atom stereocenters. The molecule has 3 rings (SSSR count).